The lowest BCUT2D eigenvalue weighted by molar-refractivity contribution is -0.870. The number of nitrogens with zero attached hydrogens (tertiary/aromatic N) is 4. The van der Waals surface area contributed by atoms with Crippen LogP contribution in [0.4, 0.5) is 0 Å². The van der Waals surface area contributed by atoms with E-state index >= 15 is 0 Å². The van der Waals surface area contributed by atoms with Gasteiger partial charge in [0, 0.05) is 18.1 Å². The van der Waals surface area contributed by atoms with Gasteiger partial charge < -0.3 is 9.22 Å². The van der Waals surface area contributed by atoms with Crippen LogP contribution in [0.1, 0.15) is 6.42 Å². The van der Waals surface area contributed by atoms with Crippen LogP contribution in [0.15, 0.2) is 5.11 Å². The second-order valence-electron chi connectivity index (χ2n) is 3.93. The van der Waals surface area contributed by atoms with E-state index in [4.69, 9.17) is 10.3 Å². The van der Waals surface area contributed by atoms with Gasteiger partial charge in [-0.3, -0.25) is 0 Å². The van der Waals surface area contributed by atoms with Crippen LogP contribution in [-0.2, 0) is 4.74 Å². The van der Waals surface area contributed by atoms with Crippen molar-refractivity contribution in [1.29, 1.82) is 0 Å². The third-order valence-corrected chi connectivity index (χ3v) is 1.52. The molecule has 0 aliphatic rings. The summed E-state index contributed by atoms with van der Waals surface area (Å²) in [6.45, 7) is 2.97. The Hall–Kier alpha value is -0.770. The molecule has 0 aromatic heterocycles. The molecular weight excluding hydrogens is 168 g/mol. The molecule has 0 saturated heterocycles. The molecule has 0 bridgehead atoms. The number of rotatable bonds is 7. The molecule has 0 spiro atoms. The highest BCUT2D eigenvalue weighted by Crippen LogP contribution is 1.90. The molecule has 5 heteroatoms. The van der Waals surface area contributed by atoms with Crippen molar-refractivity contribution in [2.45, 2.75) is 6.42 Å². The van der Waals surface area contributed by atoms with Gasteiger partial charge in [0.25, 0.3) is 0 Å². The van der Waals surface area contributed by atoms with Crippen molar-refractivity contribution in [2.24, 2.45) is 5.11 Å². The average Bonchev–Trinajstić information content (AvgIpc) is 2.01. The van der Waals surface area contributed by atoms with Gasteiger partial charge in [-0.1, -0.05) is 5.11 Å². The molecule has 13 heavy (non-hydrogen) atoms. The molecule has 0 rings (SSSR count). The number of hydrogen-bond donors (Lipinski definition) is 0. The number of quaternary nitrogens is 1. The first-order valence-corrected chi connectivity index (χ1v) is 4.45. The minimum absolute atomic E-state index is 0.529. The molecule has 0 atom stereocenters. The Bertz CT molecular complexity index is 169. The lowest BCUT2D eigenvalue weighted by Crippen LogP contribution is -2.37. The van der Waals surface area contributed by atoms with Crippen LogP contribution in [0.2, 0.25) is 0 Å². The second kappa shape index (κ2) is 6.71. The van der Waals surface area contributed by atoms with Gasteiger partial charge in [-0.05, 0) is 12.0 Å². The van der Waals surface area contributed by atoms with E-state index in [1.165, 1.54) is 0 Å². The minimum Gasteiger partial charge on any atom is -0.376 e. The molecule has 0 radical (unpaired) electrons. The zero-order chi connectivity index (χ0) is 10.2. The summed E-state index contributed by atoms with van der Waals surface area (Å²) in [5.74, 6) is 0. The predicted molar refractivity (Wildman–Crippen MR) is 52.3 cm³/mol. The Labute approximate surface area is 79.5 Å². The smallest absolute Gasteiger partial charge is 0.102 e. The number of hydrogen-bond acceptors (Lipinski definition) is 2. The quantitative estimate of drug-likeness (QED) is 0.195. The third kappa shape index (κ3) is 11.2. The monoisotopic (exact) mass is 187 g/mol. The summed E-state index contributed by atoms with van der Waals surface area (Å²) < 4.78 is 6.27. The Morgan fingerprint density at radius 2 is 2.00 bits per heavy atom. The molecule has 0 N–H and O–H groups in total. The van der Waals surface area contributed by atoms with Gasteiger partial charge in [-0.2, -0.15) is 0 Å². The summed E-state index contributed by atoms with van der Waals surface area (Å²) in [6, 6.07) is 0. The van der Waals surface area contributed by atoms with E-state index in [9.17, 15) is 0 Å². The first kappa shape index (κ1) is 12.2. The van der Waals surface area contributed by atoms with E-state index in [0.717, 1.165) is 24.1 Å². The Morgan fingerprint density at radius 3 is 2.54 bits per heavy atom. The molecule has 0 fully saturated rings. The summed E-state index contributed by atoms with van der Waals surface area (Å²) in [4.78, 5) is 2.66. The van der Waals surface area contributed by atoms with E-state index in [0.29, 0.717) is 13.2 Å². The third-order valence-electron chi connectivity index (χ3n) is 1.52. The molecule has 0 aliphatic carbocycles. The van der Waals surface area contributed by atoms with Crippen LogP contribution in [-0.4, -0.2) is 51.9 Å². The molecule has 0 unspecified atom stereocenters. The fourth-order valence-electron chi connectivity index (χ4n) is 0.723. The SMILES string of the molecule is C[N+](C)(C)CCOCCCN=[N+]=[N-]. The first-order chi connectivity index (χ1) is 6.06. The number of ether oxygens (including phenoxy) is 1. The molecule has 0 aromatic carbocycles. The highest BCUT2D eigenvalue weighted by atomic mass is 16.5. The standard InChI is InChI=1S/C8H19N4O/c1-12(2,3)6-8-13-7-4-5-10-11-9/h4-8H2,1-3H3/q+1. The zero-order valence-corrected chi connectivity index (χ0v) is 8.73. The van der Waals surface area contributed by atoms with Gasteiger partial charge in [0.05, 0.1) is 27.7 Å². The van der Waals surface area contributed by atoms with Crippen LogP contribution >= 0.6 is 0 Å². The van der Waals surface area contributed by atoms with Crippen molar-refractivity contribution in [2.75, 3.05) is 47.4 Å². The summed E-state index contributed by atoms with van der Waals surface area (Å²) in [6.07, 6.45) is 0.807. The molecular formula is C8H19N4O+. The van der Waals surface area contributed by atoms with E-state index in [2.05, 4.69) is 31.2 Å². The number of likely N-dealkylation sites (N-methyl/N-ethyl adjacent to an activating group) is 1. The van der Waals surface area contributed by atoms with E-state index in [1.54, 1.807) is 0 Å². The molecule has 0 aromatic rings. The maximum Gasteiger partial charge on any atom is 0.102 e. The maximum absolute atomic E-state index is 7.99. The number of azide groups is 1. The van der Waals surface area contributed by atoms with Gasteiger partial charge in [0.2, 0.25) is 0 Å². The van der Waals surface area contributed by atoms with Crippen molar-refractivity contribution in [3.63, 3.8) is 0 Å². The molecule has 5 nitrogen and oxygen atoms in total. The largest absolute Gasteiger partial charge is 0.376 e. The van der Waals surface area contributed by atoms with Crippen LogP contribution in [0.5, 0.6) is 0 Å². The molecule has 0 heterocycles. The molecule has 0 aliphatic heterocycles. The second-order valence-corrected chi connectivity index (χ2v) is 3.93. The van der Waals surface area contributed by atoms with Gasteiger partial charge in [0.1, 0.15) is 6.54 Å². The Balaban J connectivity index is 3.13. The highest BCUT2D eigenvalue weighted by molar-refractivity contribution is 4.45. The topological polar surface area (TPSA) is 58.0 Å². The molecule has 0 saturated carbocycles. The van der Waals surface area contributed by atoms with Crippen molar-refractivity contribution >= 4 is 0 Å². The van der Waals surface area contributed by atoms with Crippen LogP contribution < -0.4 is 0 Å². The van der Waals surface area contributed by atoms with Gasteiger partial charge >= 0.3 is 0 Å². The van der Waals surface area contributed by atoms with Crippen molar-refractivity contribution < 1.29 is 9.22 Å². The van der Waals surface area contributed by atoms with Gasteiger partial charge in [-0.25, -0.2) is 0 Å². The summed E-state index contributed by atoms with van der Waals surface area (Å²) in [5, 5.41) is 3.41. The van der Waals surface area contributed by atoms with Crippen molar-refractivity contribution in [3.05, 3.63) is 10.4 Å². The van der Waals surface area contributed by atoms with E-state index in [-0.39, 0.29) is 0 Å². The molecule has 76 valence electrons. The fraction of sp³-hybridized carbons (Fsp3) is 1.00. The Morgan fingerprint density at radius 1 is 1.31 bits per heavy atom. The lowest BCUT2D eigenvalue weighted by Gasteiger charge is -2.23. The van der Waals surface area contributed by atoms with Crippen LogP contribution in [0.25, 0.3) is 10.4 Å². The normalized spacial score (nSPS) is 11.0. The van der Waals surface area contributed by atoms with Crippen LogP contribution in [0.3, 0.4) is 0 Å². The fourth-order valence-corrected chi connectivity index (χ4v) is 0.723. The highest BCUT2D eigenvalue weighted by Gasteiger charge is 2.04. The van der Waals surface area contributed by atoms with E-state index in [1.807, 2.05) is 0 Å². The predicted octanol–water partition coefficient (Wildman–Crippen LogP) is 1.41. The lowest BCUT2D eigenvalue weighted by atomic mass is 10.4. The zero-order valence-electron chi connectivity index (χ0n) is 8.73. The summed E-state index contributed by atoms with van der Waals surface area (Å²) in [5.41, 5.74) is 7.99. The van der Waals surface area contributed by atoms with Gasteiger partial charge in [-0.15, -0.1) is 0 Å². The van der Waals surface area contributed by atoms with Crippen LogP contribution in [0, 0.1) is 0 Å². The molecule has 0 amide bonds. The summed E-state index contributed by atoms with van der Waals surface area (Å²) >= 11 is 0. The maximum atomic E-state index is 7.99. The Kier molecular flexibility index (Phi) is 6.32. The van der Waals surface area contributed by atoms with E-state index < -0.39 is 0 Å². The van der Waals surface area contributed by atoms with Gasteiger partial charge in [0.15, 0.2) is 0 Å². The van der Waals surface area contributed by atoms with Crippen molar-refractivity contribution in [1.82, 2.24) is 0 Å². The average molecular weight is 187 g/mol. The minimum atomic E-state index is 0.529. The van der Waals surface area contributed by atoms with Crippen molar-refractivity contribution in [3.8, 4) is 0 Å². The summed E-state index contributed by atoms with van der Waals surface area (Å²) in [7, 11) is 6.38. The first-order valence-electron chi connectivity index (χ1n) is 4.45.